The first-order chi connectivity index (χ1) is 12.7. The van der Waals surface area contributed by atoms with Crippen molar-refractivity contribution >= 4 is 34.8 Å². The van der Waals surface area contributed by atoms with Gasteiger partial charge < -0.3 is 4.74 Å². The van der Waals surface area contributed by atoms with Crippen molar-refractivity contribution in [2.24, 2.45) is 5.10 Å². The third-order valence-electron chi connectivity index (χ3n) is 3.68. The lowest BCUT2D eigenvalue weighted by Gasteiger charge is -2.07. The van der Waals surface area contributed by atoms with Gasteiger partial charge in [0.05, 0.1) is 24.6 Å². The Bertz CT molecular complexity index is 939. The summed E-state index contributed by atoms with van der Waals surface area (Å²) < 4.78 is 5.10. The van der Waals surface area contributed by atoms with Gasteiger partial charge in [-0.25, -0.2) is 5.43 Å². The molecule has 0 saturated heterocycles. The second kappa shape index (κ2) is 8.49. The van der Waals surface area contributed by atoms with Crippen LogP contribution in [0.5, 0.6) is 5.75 Å². The van der Waals surface area contributed by atoms with Crippen molar-refractivity contribution in [3.05, 3.63) is 65.9 Å². The van der Waals surface area contributed by atoms with Gasteiger partial charge in [0.2, 0.25) is 5.91 Å². The zero-order chi connectivity index (χ0) is 18.4. The fourth-order valence-corrected chi connectivity index (χ4v) is 3.37. The number of hydrogen-bond donors (Lipinski definition) is 1. The Balaban J connectivity index is 1.58. The van der Waals surface area contributed by atoms with E-state index in [1.807, 2.05) is 61.5 Å². The standard InChI is InChI=1S/C20H19N3O2S/c1-14-11-19(17-5-3-4-6-18(17)22-14)26-13-20(24)23-21-12-15-7-9-16(25-2)10-8-15/h3-12H,13H2,1-2H3,(H,23,24)/b21-12+. The molecule has 0 fully saturated rings. The van der Waals surface area contributed by atoms with Crippen molar-refractivity contribution in [1.82, 2.24) is 10.4 Å². The first kappa shape index (κ1) is 17.9. The molecule has 0 atom stereocenters. The maximum Gasteiger partial charge on any atom is 0.250 e. The highest BCUT2D eigenvalue weighted by molar-refractivity contribution is 8.00. The van der Waals surface area contributed by atoms with Crippen LogP contribution in [0.25, 0.3) is 10.9 Å². The molecule has 3 aromatic rings. The topological polar surface area (TPSA) is 63.6 Å². The predicted molar refractivity (Wildman–Crippen MR) is 106 cm³/mol. The van der Waals surface area contributed by atoms with Crippen LogP contribution in [0.1, 0.15) is 11.3 Å². The maximum absolute atomic E-state index is 12.0. The van der Waals surface area contributed by atoms with Crippen molar-refractivity contribution in [1.29, 1.82) is 0 Å². The van der Waals surface area contributed by atoms with Gasteiger partial charge in [-0.3, -0.25) is 9.78 Å². The first-order valence-corrected chi connectivity index (χ1v) is 9.09. The second-order valence-corrected chi connectivity index (χ2v) is 6.65. The molecule has 0 spiro atoms. The van der Waals surface area contributed by atoms with Gasteiger partial charge in [-0.1, -0.05) is 18.2 Å². The van der Waals surface area contributed by atoms with E-state index in [0.29, 0.717) is 0 Å². The molecule has 0 saturated carbocycles. The molecule has 132 valence electrons. The number of carbonyl (C=O) groups excluding carboxylic acids is 1. The van der Waals surface area contributed by atoms with Gasteiger partial charge in [0.25, 0.3) is 0 Å². The van der Waals surface area contributed by atoms with Crippen molar-refractivity contribution in [2.45, 2.75) is 11.8 Å². The van der Waals surface area contributed by atoms with E-state index in [0.717, 1.165) is 32.8 Å². The number of amides is 1. The molecule has 2 aromatic carbocycles. The lowest BCUT2D eigenvalue weighted by molar-refractivity contribution is -0.118. The summed E-state index contributed by atoms with van der Waals surface area (Å²) in [6, 6.07) is 17.4. The van der Waals surface area contributed by atoms with E-state index < -0.39 is 0 Å². The predicted octanol–water partition coefficient (Wildman–Crippen LogP) is 3.79. The second-order valence-electron chi connectivity index (χ2n) is 5.63. The fraction of sp³-hybridized carbons (Fsp3) is 0.150. The van der Waals surface area contributed by atoms with E-state index in [4.69, 9.17) is 4.74 Å². The highest BCUT2D eigenvalue weighted by atomic mass is 32.2. The van der Waals surface area contributed by atoms with Crippen LogP contribution in [-0.4, -0.2) is 30.0 Å². The number of pyridine rings is 1. The number of methoxy groups -OCH3 is 1. The van der Waals surface area contributed by atoms with Crippen LogP contribution >= 0.6 is 11.8 Å². The third-order valence-corrected chi connectivity index (χ3v) is 4.74. The molecule has 1 aromatic heterocycles. The number of carbonyl (C=O) groups is 1. The number of aryl methyl sites for hydroxylation is 1. The Hall–Kier alpha value is -2.86. The molecule has 1 amide bonds. The summed E-state index contributed by atoms with van der Waals surface area (Å²) in [5.41, 5.74) is 5.31. The maximum atomic E-state index is 12.0. The van der Waals surface area contributed by atoms with Crippen LogP contribution in [0.3, 0.4) is 0 Å². The minimum absolute atomic E-state index is 0.154. The molecule has 26 heavy (non-hydrogen) atoms. The SMILES string of the molecule is COc1ccc(/C=N/NC(=O)CSc2cc(C)nc3ccccc23)cc1. The Morgan fingerprint density at radius 3 is 2.77 bits per heavy atom. The zero-order valence-electron chi connectivity index (χ0n) is 14.6. The summed E-state index contributed by atoms with van der Waals surface area (Å²) in [7, 11) is 1.62. The van der Waals surface area contributed by atoms with Gasteiger partial charge in [-0.15, -0.1) is 11.8 Å². The molecule has 3 rings (SSSR count). The number of hydrazone groups is 1. The van der Waals surface area contributed by atoms with E-state index in [1.54, 1.807) is 13.3 Å². The van der Waals surface area contributed by atoms with E-state index in [1.165, 1.54) is 11.8 Å². The summed E-state index contributed by atoms with van der Waals surface area (Å²) in [5, 5.41) is 5.05. The highest BCUT2D eigenvalue weighted by Gasteiger charge is 2.07. The summed E-state index contributed by atoms with van der Waals surface area (Å²) in [5.74, 6) is 0.911. The number of nitrogens with one attached hydrogen (secondary N) is 1. The molecule has 0 radical (unpaired) electrons. The molecule has 0 aliphatic carbocycles. The number of thioether (sulfide) groups is 1. The average molecular weight is 365 g/mol. The van der Waals surface area contributed by atoms with Gasteiger partial charge in [0, 0.05) is 16.0 Å². The Kier molecular flexibility index (Phi) is 5.86. The average Bonchev–Trinajstić information content (AvgIpc) is 2.66. The molecule has 0 unspecified atom stereocenters. The van der Waals surface area contributed by atoms with Crippen molar-refractivity contribution in [2.75, 3.05) is 12.9 Å². The summed E-state index contributed by atoms with van der Waals surface area (Å²) in [4.78, 5) is 17.6. The molecule has 0 aliphatic rings. The molecule has 0 bridgehead atoms. The van der Waals surface area contributed by atoms with Crippen molar-refractivity contribution in [3.63, 3.8) is 0 Å². The number of para-hydroxylation sites is 1. The summed E-state index contributed by atoms with van der Waals surface area (Å²) in [6.07, 6.45) is 1.61. The molecule has 1 heterocycles. The largest absolute Gasteiger partial charge is 0.497 e. The van der Waals surface area contributed by atoms with E-state index in [2.05, 4.69) is 15.5 Å². The van der Waals surface area contributed by atoms with Gasteiger partial charge in [0.15, 0.2) is 0 Å². The summed E-state index contributed by atoms with van der Waals surface area (Å²) in [6.45, 7) is 1.95. The first-order valence-electron chi connectivity index (χ1n) is 8.11. The van der Waals surface area contributed by atoms with Crippen LogP contribution in [-0.2, 0) is 4.79 Å². The van der Waals surface area contributed by atoms with Gasteiger partial charge >= 0.3 is 0 Å². The van der Waals surface area contributed by atoms with E-state index in [-0.39, 0.29) is 11.7 Å². The van der Waals surface area contributed by atoms with Crippen molar-refractivity contribution < 1.29 is 9.53 Å². The van der Waals surface area contributed by atoms with E-state index in [9.17, 15) is 4.79 Å². The monoisotopic (exact) mass is 365 g/mol. The smallest absolute Gasteiger partial charge is 0.250 e. The van der Waals surface area contributed by atoms with Crippen LogP contribution in [0, 0.1) is 6.92 Å². The van der Waals surface area contributed by atoms with Crippen LogP contribution in [0.4, 0.5) is 0 Å². The molecule has 0 aliphatic heterocycles. The number of aromatic nitrogens is 1. The van der Waals surface area contributed by atoms with Crippen molar-refractivity contribution in [3.8, 4) is 5.75 Å². The van der Waals surface area contributed by atoms with E-state index >= 15 is 0 Å². The van der Waals surface area contributed by atoms with Crippen LogP contribution in [0.15, 0.2) is 64.6 Å². The Labute approximate surface area is 156 Å². The Morgan fingerprint density at radius 2 is 2.00 bits per heavy atom. The zero-order valence-corrected chi connectivity index (χ0v) is 15.4. The number of hydrogen-bond acceptors (Lipinski definition) is 5. The van der Waals surface area contributed by atoms with Gasteiger partial charge in [-0.05, 0) is 48.9 Å². The number of fused-ring (bicyclic) bond motifs is 1. The number of benzene rings is 2. The van der Waals surface area contributed by atoms with Gasteiger partial charge in [-0.2, -0.15) is 5.10 Å². The molecule has 1 N–H and O–H groups in total. The number of rotatable bonds is 6. The minimum Gasteiger partial charge on any atom is -0.497 e. The number of nitrogens with zero attached hydrogens (tertiary/aromatic N) is 2. The molecule has 6 heteroatoms. The normalized spacial score (nSPS) is 11.0. The Morgan fingerprint density at radius 1 is 1.23 bits per heavy atom. The van der Waals surface area contributed by atoms with Gasteiger partial charge in [0.1, 0.15) is 5.75 Å². The van der Waals surface area contributed by atoms with Crippen LogP contribution in [0.2, 0.25) is 0 Å². The quantitative estimate of drug-likeness (QED) is 0.410. The lowest BCUT2D eigenvalue weighted by atomic mass is 10.2. The summed E-state index contributed by atoms with van der Waals surface area (Å²) >= 11 is 1.48. The minimum atomic E-state index is -0.154. The third kappa shape index (κ3) is 4.61. The number of ether oxygens (including phenoxy) is 1. The molecular weight excluding hydrogens is 346 g/mol. The van der Waals surface area contributed by atoms with Crippen LogP contribution < -0.4 is 10.2 Å². The highest BCUT2D eigenvalue weighted by Crippen LogP contribution is 2.27. The fourth-order valence-electron chi connectivity index (χ4n) is 2.43. The lowest BCUT2D eigenvalue weighted by Crippen LogP contribution is -2.19. The molecule has 5 nitrogen and oxygen atoms in total. The molecular formula is C20H19N3O2S.